The summed E-state index contributed by atoms with van der Waals surface area (Å²) in [6.45, 7) is 8.96. The Labute approximate surface area is 79.9 Å². The number of carbonyl (C=O) groups is 1. The molecule has 3 nitrogen and oxygen atoms in total. The Morgan fingerprint density at radius 2 is 1.58 bits per heavy atom. The SMILES string of the molecule is CCNC(C)=O.CCNC(C)=S. The highest BCUT2D eigenvalue weighted by atomic mass is 32.1. The van der Waals surface area contributed by atoms with Gasteiger partial charge in [-0.2, -0.15) is 0 Å². The lowest BCUT2D eigenvalue weighted by Crippen LogP contribution is -2.18. The van der Waals surface area contributed by atoms with Crippen molar-refractivity contribution in [1.29, 1.82) is 0 Å². The van der Waals surface area contributed by atoms with E-state index in [1.807, 2.05) is 20.8 Å². The summed E-state index contributed by atoms with van der Waals surface area (Å²) in [6.07, 6.45) is 0. The van der Waals surface area contributed by atoms with E-state index in [9.17, 15) is 4.79 Å². The van der Waals surface area contributed by atoms with Crippen LogP contribution in [0.1, 0.15) is 27.7 Å². The third-order valence-corrected chi connectivity index (χ3v) is 0.996. The van der Waals surface area contributed by atoms with Crippen molar-refractivity contribution in [1.82, 2.24) is 10.6 Å². The first-order valence-electron chi connectivity index (χ1n) is 4.03. The molecule has 2 N–H and O–H groups in total. The summed E-state index contributed by atoms with van der Waals surface area (Å²) >= 11 is 4.68. The van der Waals surface area contributed by atoms with Crippen molar-refractivity contribution < 1.29 is 4.79 Å². The summed E-state index contributed by atoms with van der Waals surface area (Å²) in [5, 5.41) is 5.51. The fourth-order valence-electron chi connectivity index (χ4n) is 0.498. The maximum Gasteiger partial charge on any atom is 0.216 e. The summed E-state index contributed by atoms with van der Waals surface area (Å²) in [4.78, 5) is 10.8. The molecule has 0 atom stereocenters. The zero-order chi connectivity index (χ0) is 9.98. The van der Waals surface area contributed by atoms with Crippen molar-refractivity contribution in [2.45, 2.75) is 27.7 Å². The van der Waals surface area contributed by atoms with Crippen LogP contribution in [0, 0.1) is 0 Å². The Balaban J connectivity index is 0. The van der Waals surface area contributed by atoms with E-state index in [4.69, 9.17) is 0 Å². The Bertz CT molecular complexity index is 121. The molecule has 0 aliphatic carbocycles. The highest BCUT2D eigenvalue weighted by molar-refractivity contribution is 7.80. The fourth-order valence-corrected chi connectivity index (χ4v) is 0.642. The molecule has 0 saturated heterocycles. The van der Waals surface area contributed by atoms with Gasteiger partial charge < -0.3 is 10.6 Å². The van der Waals surface area contributed by atoms with Gasteiger partial charge in [0, 0.05) is 20.0 Å². The number of thiocarbonyl (C=S) groups is 1. The van der Waals surface area contributed by atoms with Crippen LogP contribution in [0.3, 0.4) is 0 Å². The number of carbonyl (C=O) groups excluding carboxylic acids is 1. The van der Waals surface area contributed by atoms with Crippen LogP contribution in [-0.2, 0) is 4.79 Å². The van der Waals surface area contributed by atoms with E-state index in [-0.39, 0.29) is 5.91 Å². The van der Waals surface area contributed by atoms with Crippen LogP contribution in [0.25, 0.3) is 0 Å². The molecule has 0 aromatic rings. The lowest BCUT2D eigenvalue weighted by atomic mass is 10.6. The molecular weight excluding hydrogens is 172 g/mol. The number of hydrogen-bond donors (Lipinski definition) is 2. The molecule has 12 heavy (non-hydrogen) atoms. The van der Waals surface area contributed by atoms with Crippen LogP contribution in [0.5, 0.6) is 0 Å². The monoisotopic (exact) mass is 190 g/mol. The maximum atomic E-state index is 9.93. The Morgan fingerprint density at radius 3 is 1.58 bits per heavy atom. The Morgan fingerprint density at radius 1 is 1.17 bits per heavy atom. The van der Waals surface area contributed by atoms with Crippen LogP contribution in [-0.4, -0.2) is 24.0 Å². The minimum absolute atomic E-state index is 0.0394. The number of hydrogen-bond acceptors (Lipinski definition) is 2. The van der Waals surface area contributed by atoms with Gasteiger partial charge in [-0.15, -0.1) is 0 Å². The number of amides is 1. The molecule has 72 valence electrons. The predicted molar refractivity (Wildman–Crippen MR) is 56.3 cm³/mol. The van der Waals surface area contributed by atoms with Gasteiger partial charge >= 0.3 is 0 Å². The van der Waals surface area contributed by atoms with Gasteiger partial charge in [0.15, 0.2) is 0 Å². The summed E-state index contributed by atoms with van der Waals surface area (Å²) in [5.74, 6) is 0.0394. The summed E-state index contributed by atoms with van der Waals surface area (Å²) in [5.41, 5.74) is 0. The van der Waals surface area contributed by atoms with Crippen molar-refractivity contribution in [2.24, 2.45) is 0 Å². The predicted octanol–water partition coefficient (Wildman–Crippen LogP) is 1.09. The van der Waals surface area contributed by atoms with Gasteiger partial charge in [0.2, 0.25) is 5.91 Å². The second-order valence-electron chi connectivity index (χ2n) is 2.17. The molecule has 0 rings (SSSR count). The van der Waals surface area contributed by atoms with E-state index < -0.39 is 0 Å². The van der Waals surface area contributed by atoms with Gasteiger partial charge in [0.25, 0.3) is 0 Å². The lowest BCUT2D eigenvalue weighted by molar-refractivity contribution is -0.118. The van der Waals surface area contributed by atoms with Crippen molar-refractivity contribution >= 4 is 23.1 Å². The molecule has 0 fully saturated rings. The first-order valence-corrected chi connectivity index (χ1v) is 4.44. The fraction of sp³-hybridized carbons (Fsp3) is 0.750. The Hall–Kier alpha value is -0.640. The van der Waals surface area contributed by atoms with Crippen LogP contribution in [0.15, 0.2) is 0 Å². The molecule has 0 aliphatic heterocycles. The molecule has 0 aromatic carbocycles. The first-order chi connectivity index (χ1) is 5.54. The molecule has 4 heteroatoms. The topological polar surface area (TPSA) is 41.1 Å². The second-order valence-corrected chi connectivity index (χ2v) is 2.79. The molecule has 0 bridgehead atoms. The maximum absolute atomic E-state index is 9.93. The molecule has 0 radical (unpaired) electrons. The first kappa shape index (κ1) is 13.9. The van der Waals surface area contributed by atoms with Gasteiger partial charge in [-0.1, -0.05) is 12.2 Å². The normalized spacial score (nSPS) is 7.67. The van der Waals surface area contributed by atoms with Gasteiger partial charge in [-0.05, 0) is 20.8 Å². The third kappa shape index (κ3) is 22.8. The minimum Gasteiger partial charge on any atom is -0.380 e. The van der Waals surface area contributed by atoms with E-state index in [2.05, 4.69) is 22.9 Å². The van der Waals surface area contributed by atoms with Crippen molar-refractivity contribution in [3.05, 3.63) is 0 Å². The number of nitrogens with one attached hydrogen (secondary N) is 2. The lowest BCUT2D eigenvalue weighted by Gasteiger charge is -1.92. The molecule has 1 amide bonds. The van der Waals surface area contributed by atoms with Gasteiger partial charge in [0.1, 0.15) is 0 Å². The Kier molecular flexibility index (Phi) is 12.0. The third-order valence-electron chi connectivity index (χ3n) is 0.851. The molecular formula is C8H18N2OS. The summed E-state index contributed by atoms with van der Waals surface area (Å²) in [6, 6.07) is 0. The van der Waals surface area contributed by atoms with Crippen molar-refractivity contribution in [3.63, 3.8) is 0 Å². The van der Waals surface area contributed by atoms with E-state index in [1.54, 1.807) is 0 Å². The molecule has 0 heterocycles. The van der Waals surface area contributed by atoms with Crippen molar-refractivity contribution in [3.8, 4) is 0 Å². The standard InChI is InChI=1S/C4H9NO.C4H9NS/c2*1-3-5-4(2)6/h2*3H2,1-2H3,(H,5,6). The van der Waals surface area contributed by atoms with Gasteiger partial charge in [-0.25, -0.2) is 0 Å². The minimum atomic E-state index is 0.0394. The van der Waals surface area contributed by atoms with Crippen LogP contribution < -0.4 is 10.6 Å². The second kappa shape index (κ2) is 10.4. The zero-order valence-corrected chi connectivity index (χ0v) is 9.05. The van der Waals surface area contributed by atoms with Gasteiger partial charge in [0.05, 0.1) is 4.99 Å². The average Bonchev–Trinajstić information content (AvgIpc) is 1.87. The molecule has 0 spiro atoms. The summed E-state index contributed by atoms with van der Waals surface area (Å²) in [7, 11) is 0. The zero-order valence-electron chi connectivity index (χ0n) is 8.23. The largest absolute Gasteiger partial charge is 0.380 e. The van der Waals surface area contributed by atoms with Crippen LogP contribution in [0.2, 0.25) is 0 Å². The smallest absolute Gasteiger partial charge is 0.216 e. The van der Waals surface area contributed by atoms with Gasteiger partial charge in [-0.3, -0.25) is 4.79 Å². The van der Waals surface area contributed by atoms with Crippen LogP contribution in [0.4, 0.5) is 0 Å². The highest BCUT2D eigenvalue weighted by Crippen LogP contribution is 1.62. The van der Waals surface area contributed by atoms with E-state index in [0.717, 1.165) is 18.1 Å². The molecule has 0 aliphatic rings. The van der Waals surface area contributed by atoms with E-state index in [0.29, 0.717) is 0 Å². The molecule has 0 aromatic heterocycles. The highest BCUT2D eigenvalue weighted by Gasteiger charge is 1.79. The quantitative estimate of drug-likeness (QED) is 0.640. The van der Waals surface area contributed by atoms with E-state index in [1.165, 1.54) is 6.92 Å². The number of rotatable bonds is 2. The van der Waals surface area contributed by atoms with Crippen molar-refractivity contribution in [2.75, 3.05) is 13.1 Å². The summed E-state index contributed by atoms with van der Waals surface area (Å²) < 4.78 is 0. The van der Waals surface area contributed by atoms with E-state index >= 15 is 0 Å². The van der Waals surface area contributed by atoms with Crippen LogP contribution >= 0.6 is 12.2 Å². The molecule has 0 saturated carbocycles. The average molecular weight is 190 g/mol. The molecule has 0 unspecified atom stereocenters.